The Labute approximate surface area is 109 Å². The molecule has 0 radical (unpaired) electrons. The molecular weight excluding hydrogens is 228 g/mol. The van der Waals surface area contributed by atoms with Gasteiger partial charge in [-0.15, -0.1) is 0 Å². The number of benzene rings is 1. The lowest BCUT2D eigenvalue weighted by Crippen LogP contribution is -2.25. The van der Waals surface area contributed by atoms with Gasteiger partial charge in [-0.3, -0.25) is 4.79 Å². The molecule has 0 bridgehead atoms. The van der Waals surface area contributed by atoms with E-state index in [2.05, 4.69) is 19.2 Å². The molecule has 0 spiro atoms. The molecule has 0 aliphatic heterocycles. The monoisotopic (exact) mass is 250 g/mol. The zero-order valence-electron chi connectivity index (χ0n) is 11.3. The number of ether oxygens (including phenoxy) is 1. The van der Waals surface area contributed by atoms with E-state index in [0.29, 0.717) is 18.9 Å². The first-order valence-corrected chi connectivity index (χ1v) is 6.20. The fraction of sp³-hybridized carbons (Fsp3) is 0.500. The number of hydrogen-bond donors (Lipinski definition) is 2. The second-order valence-electron chi connectivity index (χ2n) is 4.72. The van der Waals surface area contributed by atoms with Gasteiger partial charge in [0.25, 0.3) is 0 Å². The first-order valence-electron chi connectivity index (χ1n) is 6.20. The topological polar surface area (TPSA) is 64.3 Å². The van der Waals surface area contributed by atoms with Crippen molar-refractivity contribution in [3.8, 4) is 5.75 Å². The van der Waals surface area contributed by atoms with Crippen LogP contribution in [0.1, 0.15) is 20.3 Å². The Kier molecular flexibility index (Phi) is 5.65. The number of carbonyl (C=O) groups is 1. The molecule has 0 fully saturated rings. The van der Waals surface area contributed by atoms with Crippen LogP contribution in [0.5, 0.6) is 5.75 Å². The number of nitrogens with two attached hydrogens (primary N) is 1. The predicted octanol–water partition coefficient (Wildman–Crippen LogP) is 2.25. The SMILES string of the molecule is COc1cccc(NC(=O)CC(CN)C(C)C)c1. The fourth-order valence-corrected chi connectivity index (χ4v) is 1.74. The Hall–Kier alpha value is -1.55. The van der Waals surface area contributed by atoms with Gasteiger partial charge < -0.3 is 15.8 Å². The molecule has 1 unspecified atom stereocenters. The summed E-state index contributed by atoms with van der Waals surface area (Å²) in [5.74, 6) is 1.35. The van der Waals surface area contributed by atoms with Gasteiger partial charge in [-0.1, -0.05) is 19.9 Å². The molecule has 1 atom stereocenters. The Morgan fingerprint density at radius 1 is 1.44 bits per heavy atom. The second kappa shape index (κ2) is 7.01. The summed E-state index contributed by atoms with van der Waals surface area (Å²) in [6, 6.07) is 7.32. The summed E-state index contributed by atoms with van der Waals surface area (Å²) >= 11 is 0. The lowest BCUT2D eigenvalue weighted by molar-refractivity contribution is -0.117. The van der Waals surface area contributed by atoms with Crippen LogP contribution in [-0.4, -0.2) is 19.6 Å². The summed E-state index contributed by atoms with van der Waals surface area (Å²) in [5.41, 5.74) is 6.41. The number of hydrogen-bond acceptors (Lipinski definition) is 3. The van der Waals surface area contributed by atoms with Crippen LogP contribution >= 0.6 is 0 Å². The number of rotatable bonds is 6. The van der Waals surface area contributed by atoms with E-state index in [9.17, 15) is 4.79 Å². The predicted molar refractivity (Wildman–Crippen MR) is 73.6 cm³/mol. The zero-order chi connectivity index (χ0) is 13.5. The lowest BCUT2D eigenvalue weighted by atomic mass is 9.92. The average molecular weight is 250 g/mol. The van der Waals surface area contributed by atoms with Crippen molar-refractivity contribution >= 4 is 11.6 Å². The molecule has 0 heterocycles. The summed E-state index contributed by atoms with van der Waals surface area (Å²) in [5, 5.41) is 2.86. The van der Waals surface area contributed by atoms with Gasteiger partial charge in [0.15, 0.2) is 0 Å². The Morgan fingerprint density at radius 3 is 2.72 bits per heavy atom. The van der Waals surface area contributed by atoms with E-state index in [0.717, 1.165) is 11.4 Å². The smallest absolute Gasteiger partial charge is 0.224 e. The maximum absolute atomic E-state index is 11.9. The van der Waals surface area contributed by atoms with Gasteiger partial charge in [0, 0.05) is 18.2 Å². The minimum absolute atomic E-state index is 0.00703. The summed E-state index contributed by atoms with van der Waals surface area (Å²) in [6.07, 6.45) is 0.450. The summed E-state index contributed by atoms with van der Waals surface area (Å²) < 4.78 is 5.11. The number of methoxy groups -OCH3 is 1. The van der Waals surface area contributed by atoms with E-state index in [1.165, 1.54) is 0 Å². The minimum Gasteiger partial charge on any atom is -0.497 e. The van der Waals surface area contributed by atoms with Gasteiger partial charge in [-0.2, -0.15) is 0 Å². The molecule has 1 amide bonds. The van der Waals surface area contributed by atoms with Crippen molar-refractivity contribution in [2.24, 2.45) is 17.6 Å². The second-order valence-corrected chi connectivity index (χ2v) is 4.72. The molecule has 100 valence electrons. The number of nitrogens with one attached hydrogen (secondary N) is 1. The van der Waals surface area contributed by atoms with Crippen molar-refractivity contribution in [1.29, 1.82) is 0 Å². The third kappa shape index (κ3) is 4.37. The maximum Gasteiger partial charge on any atom is 0.224 e. The van der Waals surface area contributed by atoms with Crippen LogP contribution in [0.15, 0.2) is 24.3 Å². The quantitative estimate of drug-likeness (QED) is 0.814. The largest absolute Gasteiger partial charge is 0.497 e. The molecule has 18 heavy (non-hydrogen) atoms. The van der Waals surface area contributed by atoms with Gasteiger partial charge in [0.2, 0.25) is 5.91 Å². The highest BCUT2D eigenvalue weighted by atomic mass is 16.5. The van der Waals surface area contributed by atoms with Crippen LogP contribution in [0.3, 0.4) is 0 Å². The highest BCUT2D eigenvalue weighted by Gasteiger charge is 2.16. The maximum atomic E-state index is 11.9. The minimum atomic E-state index is -0.00703. The lowest BCUT2D eigenvalue weighted by Gasteiger charge is -2.18. The molecule has 0 aromatic heterocycles. The van der Waals surface area contributed by atoms with Crippen molar-refractivity contribution in [2.75, 3.05) is 19.0 Å². The van der Waals surface area contributed by atoms with E-state index < -0.39 is 0 Å². The molecule has 3 N–H and O–H groups in total. The summed E-state index contributed by atoms with van der Waals surface area (Å²) in [4.78, 5) is 11.9. The van der Waals surface area contributed by atoms with Crippen LogP contribution in [0.25, 0.3) is 0 Å². The standard InChI is InChI=1S/C14H22N2O2/c1-10(2)11(9-15)7-14(17)16-12-5-4-6-13(8-12)18-3/h4-6,8,10-11H,7,9,15H2,1-3H3,(H,16,17). The third-order valence-corrected chi connectivity index (χ3v) is 3.05. The van der Waals surface area contributed by atoms with E-state index in [-0.39, 0.29) is 11.8 Å². The molecule has 4 nitrogen and oxygen atoms in total. The Bertz CT molecular complexity index is 391. The highest BCUT2D eigenvalue weighted by Crippen LogP contribution is 2.18. The van der Waals surface area contributed by atoms with E-state index in [4.69, 9.17) is 10.5 Å². The van der Waals surface area contributed by atoms with Crippen LogP contribution in [-0.2, 0) is 4.79 Å². The van der Waals surface area contributed by atoms with Gasteiger partial charge >= 0.3 is 0 Å². The van der Waals surface area contributed by atoms with Crippen molar-refractivity contribution in [3.63, 3.8) is 0 Å². The number of carbonyl (C=O) groups excluding carboxylic acids is 1. The van der Waals surface area contributed by atoms with Crippen molar-refractivity contribution in [1.82, 2.24) is 0 Å². The first-order chi connectivity index (χ1) is 8.56. The van der Waals surface area contributed by atoms with E-state index >= 15 is 0 Å². The number of amides is 1. The zero-order valence-corrected chi connectivity index (χ0v) is 11.3. The molecule has 0 saturated carbocycles. The fourth-order valence-electron chi connectivity index (χ4n) is 1.74. The van der Waals surface area contributed by atoms with Crippen molar-refractivity contribution < 1.29 is 9.53 Å². The van der Waals surface area contributed by atoms with Gasteiger partial charge in [-0.05, 0) is 30.5 Å². The molecule has 1 aromatic rings. The molecule has 0 saturated heterocycles. The highest BCUT2D eigenvalue weighted by molar-refractivity contribution is 5.91. The number of anilines is 1. The molecule has 0 aliphatic rings. The van der Waals surface area contributed by atoms with Gasteiger partial charge in [0.05, 0.1) is 7.11 Å². The van der Waals surface area contributed by atoms with Gasteiger partial charge in [-0.25, -0.2) is 0 Å². The van der Waals surface area contributed by atoms with Crippen LogP contribution in [0, 0.1) is 11.8 Å². The summed E-state index contributed by atoms with van der Waals surface area (Å²) in [6.45, 7) is 4.69. The van der Waals surface area contributed by atoms with Crippen molar-refractivity contribution in [2.45, 2.75) is 20.3 Å². The van der Waals surface area contributed by atoms with Gasteiger partial charge in [0.1, 0.15) is 5.75 Å². The van der Waals surface area contributed by atoms with E-state index in [1.807, 2.05) is 18.2 Å². The molecule has 0 aliphatic carbocycles. The molecule has 1 aromatic carbocycles. The summed E-state index contributed by atoms with van der Waals surface area (Å²) in [7, 11) is 1.60. The van der Waals surface area contributed by atoms with Crippen molar-refractivity contribution in [3.05, 3.63) is 24.3 Å². The van der Waals surface area contributed by atoms with Crippen LogP contribution < -0.4 is 15.8 Å². The first kappa shape index (κ1) is 14.5. The molecule has 4 heteroatoms. The normalized spacial score (nSPS) is 12.3. The van der Waals surface area contributed by atoms with E-state index in [1.54, 1.807) is 13.2 Å². The Balaban J connectivity index is 2.58. The van der Waals surface area contributed by atoms with Crippen LogP contribution in [0.2, 0.25) is 0 Å². The average Bonchev–Trinajstić information content (AvgIpc) is 2.35. The molecular formula is C14H22N2O2. The molecule has 1 rings (SSSR count). The third-order valence-electron chi connectivity index (χ3n) is 3.05. The van der Waals surface area contributed by atoms with Crippen LogP contribution in [0.4, 0.5) is 5.69 Å². The Morgan fingerprint density at radius 2 is 2.17 bits per heavy atom.